The summed E-state index contributed by atoms with van der Waals surface area (Å²) in [5, 5.41) is 2.04. The highest BCUT2D eigenvalue weighted by molar-refractivity contribution is 7.13. The van der Waals surface area contributed by atoms with Crippen molar-refractivity contribution in [3.8, 4) is 10.6 Å². The largest absolute Gasteiger partial charge is 0.438 e. The summed E-state index contributed by atoms with van der Waals surface area (Å²) in [5.74, 6) is 1.58. The number of oxazole rings is 1. The molecule has 4 nitrogen and oxygen atoms in total. The summed E-state index contributed by atoms with van der Waals surface area (Å²) in [7, 11) is 0. The number of hydrogen-bond donors (Lipinski definition) is 1. The van der Waals surface area contributed by atoms with Gasteiger partial charge in [0.15, 0.2) is 5.76 Å². The van der Waals surface area contributed by atoms with Crippen molar-refractivity contribution in [2.24, 2.45) is 5.73 Å². The van der Waals surface area contributed by atoms with Crippen LogP contribution in [0, 0.1) is 0 Å². The maximum Gasteiger partial charge on any atom is 0.209 e. The fourth-order valence-electron chi connectivity index (χ4n) is 2.49. The van der Waals surface area contributed by atoms with Crippen LogP contribution in [0.15, 0.2) is 58.5 Å². The van der Waals surface area contributed by atoms with Gasteiger partial charge in [0.2, 0.25) is 5.89 Å². The highest BCUT2D eigenvalue weighted by Crippen LogP contribution is 2.25. The number of nitrogens with zero attached hydrogens (tertiary/aromatic N) is 2. The minimum Gasteiger partial charge on any atom is -0.438 e. The van der Waals surface area contributed by atoms with Gasteiger partial charge in [-0.05, 0) is 23.4 Å². The molecule has 0 bridgehead atoms. The minimum absolute atomic E-state index is 0. The van der Waals surface area contributed by atoms with E-state index < -0.39 is 0 Å². The monoisotopic (exact) mass is 399 g/mol. The SMILES string of the molecule is Cl.Cl.NCCN(CCc1ccccc1)Cc1ncc(-c2cccs2)o1. The van der Waals surface area contributed by atoms with E-state index in [1.807, 2.05) is 23.6 Å². The average Bonchev–Trinajstić information content (AvgIpc) is 3.25. The number of halogens is 2. The third kappa shape index (κ3) is 6.45. The summed E-state index contributed by atoms with van der Waals surface area (Å²) >= 11 is 1.66. The van der Waals surface area contributed by atoms with Crippen molar-refractivity contribution in [3.63, 3.8) is 0 Å². The Morgan fingerprint density at radius 3 is 2.52 bits per heavy atom. The van der Waals surface area contributed by atoms with Crippen LogP contribution in [0.5, 0.6) is 0 Å². The van der Waals surface area contributed by atoms with Gasteiger partial charge in [0, 0.05) is 19.6 Å². The molecule has 0 unspecified atom stereocenters. The molecule has 0 fully saturated rings. The molecular weight excluding hydrogens is 377 g/mol. The highest BCUT2D eigenvalue weighted by Gasteiger charge is 2.12. The van der Waals surface area contributed by atoms with Crippen LogP contribution >= 0.6 is 36.2 Å². The summed E-state index contributed by atoms with van der Waals surface area (Å²) in [6.07, 6.45) is 2.80. The quantitative estimate of drug-likeness (QED) is 0.614. The molecule has 0 saturated heterocycles. The zero-order valence-electron chi connectivity index (χ0n) is 13.8. The Kier molecular flexibility index (Phi) is 9.78. The van der Waals surface area contributed by atoms with Crippen molar-refractivity contribution in [3.05, 3.63) is 65.5 Å². The molecule has 136 valence electrons. The van der Waals surface area contributed by atoms with Crippen LogP contribution < -0.4 is 5.73 Å². The Morgan fingerprint density at radius 1 is 1.04 bits per heavy atom. The molecule has 25 heavy (non-hydrogen) atoms. The maximum atomic E-state index is 5.87. The molecule has 2 heterocycles. The fourth-order valence-corrected chi connectivity index (χ4v) is 3.16. The van der Waals surface area contributed by atoms with Gasteiger partial charge in [-0.1, -0.05) is 36.4 Å². The number of thiophene rings is 1. The standard InChI is InChI=1S/C18H21N3OS.2ClH/c19-9-11-21(10-8-15-5-2-1-3-6-15)14-18-20-13-16(22-18)17-7-4-12-23-17;;/h1-7,12-13H,8-11,14,19H2;2*1H. The van der Waals surface area contributed by atoms with Crippen LogP contribution in [0.3, 0.4) is 0 Å². The number of hydrogen-bond acceptors (Lipinski definition) is 5. The number of rotatable bonds is 8. The van der Waals surface area contributed by atoms with Gasteiger partial charge in [0.1, 0.15) is 0 Å². The van der Waals surface area contributed by atoms with E-state index in [9.17, 15) is 0 Å². The molecule has 0 amide bonds. The van der Waals surface area contributed by atoms with Crippen LogP contribution in [0.2, 0.25) is 0 Å². The highest BCUT2D eigenvalue weighted by atomic mass is 35.5. The van der Waals surface area contributed by atoms with Gasteiger partial charge >= 0.3 is 0 Å². The van der Waals surface area contributed by atoms with Gasteiger partial charge in [-0.25, -0.2) is 4.98 Å². The summed E-state index contributed by atoms with van der Waals surface area (Å²) in [4.78, 5) is 7.81. The molecule has 3 rings (SSSR count). The van der Waals surface area contributed by atoms with Gasteiger partial charge in [-0.3, -0.25) is 4.90 Å². The predicted octanol–water partition coefficient (Wildman–Crippen LogP) is 4.25. The molecule has 0 aliphatic heterocycles. The van der Waals surface area contributed by atoms with Crippen LogP contribution in [0.25, 0.3) is 10.6 Å². The van der Waals surface area contributed by atoms with Crippen molar-refractivity contribution in [2.75, 3.05) is 19.6 Å². The van der Waals surface area contributed by atoms with Crippen molar-refractivity contribution in [1.29, 1.82) is 0 Å². The first-order chi connectivity index (χ1) is 11.3. The lowest BCUT2D eigenvalue weighted by atomic mass is 10.1. The molecule has 0 aliphatic rings. The summed E-state index contributed by atoms with van der Waals surface area (Å²) in [6, 6.07) is 14.6. The molecule has 2 aromatic heterocycles. The zero-order chi connectivity index (χ0) is 15.9. The Balaban J connectivity index is 0.00000156. The lowest BCUT2D eigenvalue weighted by molar-refractivity contribution is 0.249. The second-order valence-corrected chi connectivity index (χ2v) is 6.34. The topological polar surface area (TPSA) is 55.3 Å². The van der Waals surface area contributed by atoms with Gasteiger partial charge < -0.3 is 10.2 Å². The van der Waals surface area contributed by atoms with Crippen molar-refractivity contribution >= 4 is 36.2 Å². The van der Waals surface area contributed by atoms with E-state index >= 15 is 0 Å². The van der Waals surface area contributed by atoms with Gasteiger partial charge in [0.05, 0.1) is 17.6 Å². The minimum atomic E-state index is 0. The number of nitrogens with two attached hydrogens (primary N) is 1. The van der Waals surface area contributed by atoms with Crippen molar-refractivity contribution in [1.82, 2.24) is 9.88 Å². The number of aromatic nitrogens is 1. The third-order valence-electron chi connectivity index (χ3n) is 3.68. The van der Waals surface area contributed by atoms with Gasteiger partial charge in [-0.2, -0.15) is 0 Å². The van der Waals surface area contributed by atoms with Crippen LogP contribution in [-0.2, 0) is 13.0 Å². The Bertz CT molecular complexity index is 704. The summed E-state index contributed by atoms with van der Waals surface area (Å²) < 4.78 is 5.87. The smallest absolute Gasteiger partial charge is 0.209 e. The van der Waals surface area contributed by atoms with E-state index in [-0.39, 0.29) is 24.8 Å². The first-order valence-electron chi connectivity index (χ1n) is 7.80. The zero-order valence-corrected chi connectivity index (χ0v) is 16.3. The molecular formula is C18H23Cl2N3OS. The Morgan fingerprint density at radius 2 is 1.84 bits per heavy atom. The molecule has 7 heteroatoms. The van der Waals surface area contributed by atoms with E-state index in [1.165, 1.54) is 5.56 Å². The van der Waals surface area contributed by atoms with Crippen LogP contribution in [0.4, 0.5) is 0 Å². The normalized spacial score (nSPS) is 10.3. The number of benzene rings is 1. The van der Waals surface area contributed by atoms with E-state index in [0.29, 0.717) is 13.1 Å². The maximum absolute atomic E-state index is 5.87. The van der Waals surface area contributed by atoms with Gasteiger partial charge in [0.25, 0.3) is 0 Å². The molecule has 0 radical (unpaired) electrons. The molecule has 2 N–H and O–H groups in total. The average molecular weight is 400 g/mol. The molecule has 0 saturated carbocycles. The molecule has 1 aromatic carbocycles. The Hall–Kier alpha value is -1.37. The van der Waals surface area contributed by atoms with E-state index in [2.05, 4.69) is 34.1 Å². The van der Waals surface area contributed by atoms with E-state index in [0.717, 1.165) is 36.0 Å². The van der Waals surface area contributed by atoms with Gasteiger partial charge in [-0.15, -0.1) is 36.2 Å². The summed E-state index contributed by atoms with van der Waals surface area (Å²) in [5.41, 5.74) is 7.08. The van der Waals surface area contributed by atoms with Crippen LogP contribution in [-0.4, -0.2) is 29.5 Å². The second kappa shape index (κ2) is 11.3. The first-order valence-corrected chi connectivity index (χ1v) is 8.68. The third-order valence-corrected chi connectivity index (χ3v) is 4.57. The van der Waals surface area contributed by atoms with Crippen molar-refractivity contribution in [2.45, 2.75) is 13.0 Å². The molecule has 0 atom stereocenters. The first kappa shape index (κ1) is 21.7. The summed E-state index contributed by atoms with van der Waals surface area (Å²) in [6.45, 7) is 3.10. The van der Waals surface area contributed by atoms with E-state index in [1.54, 1.807) is 17.5 Å². The molecule has 0 aliphatic carbocycles. The molecule has 0 spiro atoms. The molecule has 3 aromatic rings. The lowest BCUT2D eigenvalue weighted by Gasteiger charge is -2.19. The fraction of sp³-hybridized carbons (Fsp3) is 0.278. The predicted molar refractivity (Wildman–Crippen MR) is 109 cm³/mol. The Labute approximate surface area is 164 Å². The lowest BCUT2D eigenvalue weighted by Crippen LogP contribution is -2.31. The van der Waals surface area contributed by atoms with Crippen molar-refractivity contribution < 1.29 is 4.42 Å². The van der Waals surface area contributed by atoms with Crippen LogP contribution in [0.1, 0.15) is 11.5 Å². The van der Waals surface area contributed by atoms with E-state index in [4.69, 9.17) is 10.2 Å². The second-order valence-electron chi connectivity index (χ2n) is 5.40.